The van der Waals surface area contributed by atoms with Crippen molar-refractivity contribution in [3.05, 3.63) is 120 Å². The topological polar surface area (TPSA) is 61.8 Å². The van der Waals surface area contributed by atoms with E-state index in [4.69, 9.17) is 14.2 Å². The van der Waals surface area contributed by atoms with E-state index in [2.05, 4.69) is 0 Å². The summed E-state index contributed by atoms with van der Waals surface area (Å²) < 4.78 is 16.8. The Morgan fingerprint density at radius 2 is 0.889 bits per heavy atom. The van der Waals surface area contributed by atoms with Crippen molar-refractivity contribution in [2.45, 2.75) is 19.3 Å². The zero-order valence-electron chi connectivity index (χ0n) is 19.7. The van der Waals surface area contributed by atoms with E-state index in [0.29, 0.717) is 19.3 Å². The molecule has 0 aromatic heterocycles. The molecule has 0 N–H and O–H groups in total. The highest BCUT2D eigenvalue weighted by molar-refractivity contribution is 5.91. The van der Waals surface area contributed by atoms with Crippen molar-refractivity contribution in [1.82, 2.24) is 0 Å². The fraction of sp³-hybridized carbons (Fsp3) is 0.161. The molecule has 5 nitrogen and oxygen atoms in total. The van der Waals surface area contributed by atoms with E-state index in [0.717, 1.165) is 34.1 Å². The second-order valence-electron chi connectivity index (χ2n) is 8.90. The van der Waals surface area contributed by atoms with Crippen LogP contribution < -0.4 is 9.47 Å². The minimum absolute atomic E-state index is 0.366. The van der Waals surface area contributed by atoms with Crippen LogP contribution in [0.2, 0.25) is 0 Å². The summed E-state index contributed by atoms with van der Waals surface area (Å²) in [6.07, 6.45) is 1.48. The molecule has 5 rings (SSSR count). The number of cyclic esters (lactones) is 2. The van der Waals surface area contributed by atoms with Crippen LogP contribution in [0, 0.1) is 11.8 Å². The van der Waals surface area contributed by atoms with E-state index >= 15 is 0 Å². The van der Waals surface area contributed by atoms with Gasteiger partial charge >= 0.3 is 11.9 Å². The zero-order valence-corrected chi connectivity index (χ0v) is 19.7. The molecule has 1 heterocycles. The van der Waals surface area contributed by atoms with Crippen molar-refractivity contribution in [3.8, 4) is 23.0 Å². The molecule has 0 amide bonds. The average molecular weight is 479 g/mol. The molecule has 0 unspecified atom stereocenters. The lowest BCUT2D eigenvalue weighted by Crippen LogP contribution is -2.36. The van der Waals surface area contributed by atoms with Gasteiger partial charge in [-0.15, -0.1) is 0 Å². The van der Waals surface area contributed by atoms with E-state index in [-0.39, 0.29) is 11.8 Å². The van der Waals surface area contributed by atoms with Crippen LogP contribution in [0.5, 0.6) is 23.0 Å². The molecule has 0 saturated carbocycles. The van der Waals surface area contributed by atoms with Crippen LogP contribution >= 0.6 is 0 Å². The number of esters is 2. The summed E-state index contributed by atoms with van der Waals surface area (Å²) in [4.78, 5) is 24.9. The molecule has 4 aromatic carbocycles. The molecule has 5 heteroatoms. The van der Waals surface area contributed by atoms with Crippen molar-refractivity contribution in [2.24, 2.45) is 11.8 Å². The summed E-state index contributed by atoms with van der Waals surface area (Å²) in [6.45, 7) is 0. The molecular weight excluding hydrogens is 452 g/mol. The summed E-state index contributed by atoms with van der Waals surface area (Å²) in [7, 11) is 0. The van der Waals surface area contributed by atoms with Crippen molar-refractivity contribution in [1.29, 1.82) is 0 Å². The Hall–Kier alpha value is -4.38. The highest BCUT2D eigenvalue weighted by Crippen LogP contribution is 2.30. The molecule has 1 aliphatic heterocycles. The van der Waals surface area contributed by atoms with Gasteiger partial charge < -0.3 is 14.2 Å². The van der Waals surface area contributed by atoms with E-state index < -0.39 is 11.9 Å². The number of hydrogen-bond donors (Lipinski definition) is 0. The number of ether oxygens (including phenoxy) is 3. The van der Waals surface area contributed by atoms with E-state index in [1.165, 1.54) is 0 Å². The van der Waals surface area contributed by atoms with Gasteiger partial charge in [-0.3, -0.25) is 9.59 Å². The zero-order chi connectivity index (χ0) is 24.7. The molecule has 36 heavy (non-hydrogen) atoms. The number of carbonyl (C=O) groups excluding carboxylic acids is 2. The molecule has 1 fully saturated rings. The van der Waals surface area contributed by atoms with Crippen molar-refractivity contribution in [2.75, 3.05) is 0 Å². The van der Waals surface area contributed by atoms with Gasteiger partial charge in [-0.25, -0.2) is 0 Å². The normalized spacial score (nSPS) is 17.3. The second-order valence-corrected chi connectivity index (χ2v) is 8.90. The number of rotatable bonds is 8. The van der Waals surface area contributed by atoms with Crippen LogP contribution in [0.25, 0.3) is 0 Å². The van der Waals surface area contributed by atoms with Crippen molar-refractivity contribution in [3.63, 3.8) is 0 Å². The molecule has 0 aliphatic carbocycles. The number of carbonyl (C=O) groups is 2. The maximum Gasteiger partial charge on any atom is 0.316 e. The molecule has 0 radical (unpaired) electrons. The lowest BCUT2D eigenvalue weighted by Gasteiger charge is -2.26. The van der Waals surface area contributed by atoms with Gasteiger partial charge in [0.1, 0.15) is 23.0 Å². The molecule has 1 aliphatic rings. The van der Waals surface area contributed by atoms with Gasteiger partial charge in [0.15, 0.2) is 0 Å². The average Bonchev–Trinajstić information content (AvgIpc) is 2.90. The molecular formula is C31H26O5. The largest absolute Gasteiger partial charge is 0.457 e. The van der Waals surface area contributed by atoms with Gasteiger partial charge in [0.25, 0.3) is 0 Å². The minimum Gasteiger partial charge on any atom is -0.457 e. The number of benzene rings is 4. The quantitative estimate of drug-likeness (QED) is 0.207. The molecule has 0 spiro atoms. The molecule has 0 bridgehead atoms. The lowest BCUT2D eigenvalue weighted by atomic mass is 9.84. The Labute approximate surface area is 210 Å². The van der Waals surface area contributed by atoms with Crippen LogP contribution in [0.3, 0.4) is 0 Å². The second kappa shape index (κ2) is 10.9. The first-order chi connectivity index (χ1) is 17.6. The standard InChI is InChI=1S/C31H26O5/c32-30-24(19-22-11-15-28(16-12-22)34-26-7-3-1-4-8-26)21-25(31(33)36-30)20-23-13-17-29(18-14-23)35-27-9-5-2-6-10-27/h1-18,24-25H,19-21H2/t24-,25-/m1/s1. The fourth-order valence-corrected chi connectivity index (χ4v) is 4.34. The van der Waals surface area contributed by atoms with Gasteiger partial charge in [-0.05, 0) is 78.9 Å². The Kier molecular flexibility index (Phi) is 7.08. The van der Waals surface area contributed by atoms with Crippen molar-refractivity contribution < 1.29 is 23.8 Å². The van der Waals surface area contributed by atoms with Crippen LogP contribution in [0.1, 0.15) is 17.5 Å². The van der Waals surface area contributed by atoms with Gasteiger partial charge in [-0.1, -0.05) is 60.7 Å². The minimum atomic E-state index is -0.451. The highest BCUT2D eigenvalue weighted by atomic mass is 16.6. The SMILES string of the molecule is O=C1OC(=O)[C@H](Cc2ccc(Oc3ccccc3)cc2)C[C@H]1Cc1ccc(Oc2ccccc2)cc1. The molecule has 180 valence electrons. The molecule has 4 aromatic rings. The summed E-state index contributed by atoms with van der Waals surface area (Å²) in [5.74, 6) is 1.35. The molecule has 2 atom stereocenters. The van der Waals surface area contributed by atoms with Crippen LogP contribution in [0.4, 0.5) is 0 Å². The first-order valence-electron chi connectivity index (χ1n) is 12.0. The summed E-state index contributed by atoms with van der Waals surface area (Å²) in [6, 6.07) is 34.5. The third kappa shape index (κ3) is 5.99. The van der Waals surface area contributed by atoms with E-state index in [1.807, 2.05) is 109 Å². The van der Waals surface area contributed by atoms with E-state index in [9.17, 15) is 9.59 Å². The highest BCUT2D eigenvalue weighted by Gasteiger charge is 2.36. The first kappa shape index (κ1) is 23.4. The predicted molar refractivity (Wildman–Crippen MR) is 136 cm³/mol. The van der Waals surface area contributed by atoms with Gasteiger partial charge in [-0.2, -0.15) is 0 Å². The maximum atomic E-state index is 12.4. The van der Waals surface area contributed by atoms with Crippen LogP contribution in [0.15, 0.2) is 109 Å². The Morgan fingerprint density at radius 1 is 0.528 bits per heavy atom. The third-order valence-corrected chi connectivity index (χ3v) is 6.21. The van der Waals surface area contributed by atoms with Gasteiger partial charge in [0, 0.05) is 0 Å². The first-order valence-corrected chi connectivity index (χ1v) is 12.0. The third-order valence-electron chi connectivity index (χ3n) is 6.21. The smallest absolute Gasteiger partial charge is 0.316 e. The van der Waals surface area contributed by atoms with Gasteiger partial charge in [0.2, 0.25) is 0 Å². The number of para-hydroxylation sites is 2. The number of hydrogen-bond acceptors (Lipinski definition) is 5. The monoisotopic (exact) mass is 478 g/mol. The van der Waals surface area contributed by atoms with Crippen LogP contribution in [-0.2, 0) is 27.2 Å². The Bertz CT molecular complexity index is 1200. The Balaban J connectivity index is 1.19. The van der Waals surface area contributed by atoms with E-state index in [1.54, 1.807) is 0 Å². The fourth-order valence-electron chi connectivity index (χ4n) is 4.34. The summed E-state index contributed by atoms with van der Waals surface area (Å²) in [5.41, 5.74) is 1.99. The van der Waals surface area contributed by atoms with Crippen molar-refractivity contribution >= 4 is 11.9 Å². The summed E-state index contributed by atoms with van der Waals surface area (Å²) in [5, 5.41) is 0. The Morgan fingerprint density at radius 3 is 1.28 bits per heavy atom. The van der Waals surface area contributed by atoms with Gasteiger partial charge in [0.05, 0.1) is 11.8 Å². The predicted octanol–water partition coefficient (Wildman–Crippen LogP) is 6.76. The van der Waals surface area contributed by atoms with Crippen LogP contribution in [-0.4, -0.2) is 11.9 Å². The summed E-state index contributed by atoms with van der Waals surface area (Å²) >= 11 is 0. The maximum absolute atomic E-state index is 12.4. The lowest BCUT2D eigenvalue weighted by molar-refractivity contribution is -0.171. The molecule has 1 saturated heterocycles.